The minimum absolute atomic E-state index is 0.131. The number of hydrogen-bond donors (Lipinski definition) is 1. The predicted molar refractivity (Wildman–Crippen MR) is 89.5 cm³/mol. The van der Waals surface area contributed by atoms with E-state index in [0.717, 1.165) is 31.2 Å². The van der Waals surface area contributed by atoms with Gasteiger partial charge in [-0.1, -0.05) is 35.3 Å². The standard InChI is InChI=1S/C14H12Cl2N2S2/c1-17-10(8-6-12(15)20-14(8)16)7-13-18-9-4-2-3-5-11(9)19-13/h2-6,10,17H,7H2,1H3. The highest BCUT2D eigenvalue weighted by Gasteiger charge is 2.18. The molecule has 0 bridgehead atoms. The number of para-hydroxylation sites is 1. The molecule has 3 rings (SSSR count). The third-order valence-electron chi connectivity index (χ3n) is 3.12. The third kappa shape index (κ3) is 2.85. The largest absolute Gasteiger partial charge is 0.313 e. The van der Waals surface area contributed by atoms with E-state index in [0.29, 0.717) is 0 Å². The fourth-order valence-corrected chi connectivity index (χ4v) is 4.73. The van der Waals surface area contributed by atoms with E-state index in [2.05, 4.69) is 16.4 Å². The lowest BCUT2D eigenvalue weighted by Gasteiger charge is -2.13. The summed E-state index contributed by atoms with van der Waals surface area (Å²) < 4.78 is 2.68. The Balaban J connectivity index is 1.89. The Hall–Kier alpha value is -0.650. The zero-order chi connectivity index (χ0) is 14.1. The molecule has 104 valence electrons. The molecule has 0 aliphatic heterocycles. The number of thiophene rings is 1. The summed E-state index contributed by atoms with van der Waals surface area (Å²) in [6.07, 6.45) is 0.808. The zero-order valence-corrected chi connectivity index (χ0v) is 13.8. The van der Waals surface area contributed by atoms with Gasteiger partial charge in [-0.2, -0.15) is 0 Å². The molecule has 1 N–H and O–H groups in total. The first-order valence-corrected chi connectivity index (χ1v) is 8.52. The van der Waals surface area contributed by atoms with Gasteiger partial charge in [-0.15, -0.1) is 22.7 Å². The number of nitrogens with one attached hydrogen (secondary N) is 1. The highest BCUT2D eigenvalue weighted by Crippen LogP contribution is 2.36. The SMILES string of the molecule is CNC(Cc1nc2ccccc2s1)c1cc(Cl)sc1Cl. The van der Waals surface area contributed by atoms with Gasteiger partial charge in [0.05, 0.1) is 23.9 Å². The maximum atomic E-state index is 6.24. The molecule has 20 heavy (non-hydrogen) atoms. The molecule has 0 radical (unpaired) electrons. The van der Waals surface area contributed by atoms with Gasteiger partial charge in [0.2, 0.25) is 0 Å². The van der Waals surface area contributed by atoms with Crippen LogP contribution in [0.25, 0.3) is 10.2 Å². The molecule has 2 heterocycles. The second kappa shape index (κ2) is 6.00. The van der Waals surface area contributed by atoms with Gasteiger partial charge < -0.3 is 5.32 Å². The molecule has 3 aromatic rings. The summed E-state index contributed by atoms with van der Waals surface area (Å²) in [7, 11) is 1.93. The van der Waals surface area contributed by atoms with E-state index in [9.17, 15) is 0 Å². The van der Waals surface area contributed by atoms with Crippen molar-refractivity contribution < 1.29 is 0 Å². The van der Waals surface area contributed by atoms with Crippen LogP contribution in [0.2, 0.25) is 8.67 Å². The Bertz CT molecular complexity index is 703. The van der Waals surface area contributed by atoms with E-state index >= 15 is 0 Å². The first-order valence-electron chi connectivity index (χ1n) is 6.14. The van der Waals surface area contributed by atoms with Crippen molar-refractivity contribution in [1.29, 1.82) is 0 Å². The lowest BCUT2D eigenvalue weighted by atomic mass is 10.1. The van der Waals surface area contributed by atoms with Crippen LogP contribution in [-0.2, 0) is 6.42 Å². The Kier molecular flexibility index (Phi) is 4.29. The molecule has 0 aliphatic rings. The highest BCUT2D eigenvalue weighted by molar-refractivity contribution is 7.20. The number of likely N-dealkylation sites (N-methyl/N-ethyl adjacent to an activating group) is 1. The lowest BCUT2D eigenvalue weighted by molar-refractivity contribution is 0.593. The van der Waals surface area contributed by atoms with E-state index in [-0.39, 0.29) is 6.04 Å². The van der Waals surface area contributed by atoms with Gasteiger partial charge in [-0.3, -0.25) is 0 Å². The maximum absolute atomic E-state index is 6.24. The fourth-order valence-electron chi connectivity index (χ4n) is 2.14. The summed E-state index contributed by atoms with van der Waals surface area (Å²) in [4.78, 5) is 4.67. The highest BCUT2D eigenvalue weighted by atomic mass is 35.5. The summed E-state index contributed by atoms with van der Waals surface area (Å²) in [6.45, 7) is 0. The summed E-state index contributed by atoms with van der Waals surface area (Å²) >= 11 is 15.4. The molecule has 1 aromatic carbocycles. The molecule has 2 aromatic heterocycles. The van der Waals surface area contributed by atoms with Crippen molar-refractivity contribution in [3.05, 3.63) is 49.6 Å². The van der Waals surface area contributed by atoms with Crippen LogP contribution in [0.15, 0.2) is 30.3 Å². The maximum Gasteiger partial charge on any atom is 0.0992 e. The fraction of sp³-hybridized carbons (Fsp3) is 0.214. The number of hydrogen-bond acceptors (Lipinski definition) is 4. The van der Waals surface area contributed by atoms with Crippen molar-refractivity contribution in [2.24, 2.45) is 0 Å². The molecular weight excluding hydrogens is 331 g/mol. The lowest BCUT2D eigenvalue weighted by Crippen LogP contribution is -2.18. The van der Waals surface area contributed by atoms with Crippen LogP contribution in [0.4, 0.5) is 0 Å². The number of fused-ring (bicyclic) bond motifs is 1. The van der Waals surface area contributed by atoms with E-state index < -0.39 is 0 Å². The van der Waals surface area contributed by atoms with Crippen LogP contribution in [0.5, 0.6) is 0 Å². The smallest absolute Gasteiger partial charge is 0.0992 e. The molecular formula is C14H12Cl2N2S2. The summed E-state index contributed by atoms with van der Waals surface area (Å²) in [5.41, 5.74) is 2.10. The first-order chi connectivity index (χ1) is 9.67. The van der Waals surface area contributed by atoms with Gasteiger partial charge in [-0.05, 0) is 25.2 Å². The Morgan fingerprint density at radius 1 is 1.25 bits per heavy atom. The van der Waals surface area contributed by atoms with Gasteiger partial charge in [0.15, 0.2) is 0 Å². The van der Waals surface area contributed by atoms with Gasteiger partial charge >= 0.3 is 0 Å². The van der Waals surface area contributed by atoms with E-state index in [1.54, 1.807) is 11.3 Å². The Morgan fingerprint density at radius 2 is 2.05 bits per heavy atom. The van der Waals surface area contributed by atoms with Crippen molar-refractivity contribution in [3.63, 3.8) is 0 Å². The number of thiazole rings is 1. The monoisotopic (exact) mass is 342 g/mol. The zero-order valence-electron chi connectivity index (χ0n) is 10.7. The molecule has 2 nitrogen and oxygen atoms in total. The van der Waals surface area contributed by atoms with Crippen molar-refractivity contribution in [1.82, 2.24) is 10.3 Å². The Labute approximate surface area is 135 Å². The van der Waals surface area contributed by atoms with E-state index in [1.165, 1.54) is 16.0 Å². The molecule has 0 amide bonds. The topological polar surface area (TPSA) is 24.9 Å². The quantitative estimate of drug-likeness (QED) is 0.707. The third-order valence-corrected chi connectivity index (χ3v) is 5.70. The van der Waals surface area contributed by atoms with Crippen molar-refractivity contribution in [3.8, 4) is 0 Å². The molecule has 0 aliphatic carbocycles. The minimum atomic E-state index is 0.131. The average Bonchev–Trinajstić information content (AvgIpc) is 2.98. The normalized spacial score (nSPS) is 12.9. The summed E-state index contributed by atoms with van der Waals surface area (Å²) in [5.74, 6) is 0. The van der Waals surface area contributed by atoms with Crippen molar-refractivity contribution in [2.45, 2.75) is 12.5 Å². The number of nitrogens with zero attached hydrogens (tertiary/aromatic N) is 1. The van der Waals surface area contributed by atoms with Crippen LogP contribution < -0.4 is 5.32 Å². The molecule has 0 saturated carbocycles. The van der Waals surface area contributed by atoms with Crippen LogP contribution in [0, 0.1) is 0 Å². The van der Waals surface area contributed by atoms with Gasteiger partial charge in [0.1, 0.15) is 0 Å². The van der Waals surface area contributed by atoms with E-state index in [1.807, 2.05) is 31.3 Å². The summed E-state index contributed by atoms with van der Waals surface area (Å²) in [5, 5.41) is 4.40. The van der Waals surface area contributed by atoms with Crippen LogP contribution >= 0.6 is 45.9 Å². The Morgan fingerprint density at radius 3 is 2.70 bits per heavy atom. The molecule has 1 unspecified atom stereocenters. The second-order valence-electron chi connectivity index (χ2n) is 4.40. The van der Waals surface area contributed by atoms with Crippen LogP contribution in [0.1, 0.15) is 16.6 Å². The number of benzene rings is 1. The number of halogens is 2. The molecule has 1 atom stereocenters. The number of aromatic nitrogens is 1. The first kappa shape index (κ1) is 14.3. The van der Waals surface area contributed by atoms with Crippen molar-refractivity contribution >= 4 is 56.1 Å². The van der Waals surface area contributed by atoms with Gasteiger partial charge in [-0.25, -0.2) is 4.98 Å². The summed E-state index contributed by atoms with van der Waals surface area (Å²) in [6, 6.07) is 10.2. The second-order valence-corrected chi connectivity index (χ2v) is 7.80. The van der Waals surface area contributed by atoms with E-state index in [4.69, 9.17) is 23.2 Å². The van der Waals surface area contributed by atoms with Crippen LogP contribution in [-0.4, -0.2) is 12.0 Å². The average molecular weight is 343 g/mol. The number of rotatable bonds is 4. The molecule has 0 saturated heterocycles. The van der Waals surface area contributed by atoms with Gasteiger partial charge in [0.25, 0.3) is 0 Å². The molecule has 0 fully saturated rings. The van der Waals surface area contributed by atoms with Gasteiger partial charge in [0, 0.05) is 18.0 Å². The molecule has 6 heteroatoms. The van der Waals surface area contributed by atoms with Crippen molar-refractivity contribution in [2.75, 3.05) is 7.05 Å². The predicted octanol–water partition coefficient (Wildman–Crippen LogP) is 5.17. The van der Waals surface area contributed by atoms with Crippen LogP contribution in [0.3, 0.4) is 0 Å². The molecule has 0 spiro atoms. The minimum Gasteiger partial charge on any atom is -0.313 e.